The van der Waals surface area contributed by atoms with Gasteiger partial charge in [-0.05, 0) is 60.7 Å². The first-order valence-corrected chi connectivity index (χ1v) is 9.32. The van der Waals surface area contributed by atoms with Crippen molar-refractivity contribution in [2.45, 2.75) is 33.1 Å². The summed E-state index contributed by atoms with van der Waals surface area (Å²) in [6, 6.07) is 5.96. The van der Waals surface area contributed by atoms with Gasteiger partial charge in [-0.25, -0.2) is 0 Å². The summed E-state index contributed by atoms with van der Waals surface area (Å²) in [5.41, 5.74) is 1.03. The van der Waals surface area contributed by atoms with Crippen molar-refractivity contribution in [2.75, 3.05) is 26.8 Å². The Kier molecular flexibility index (Phi) is 4.83. The molecule has 2 aromatic rings. The van der Waals surface area contributed by atoms with Gasteiger partial charge in [0.15, 0.2) is 0 Å². The number of nitrogens with zero attached hydrogens (tertiary/aromatic N) is 1. The number of piperidine rings is 1. The SMILES string of the molecule is CCC1(CO)CCN(C(=O)c2sc3ccc(OC)cc3c2C)CC1. The van der Waals surface area contributed by atoms with Crippen molar-refractivity contribution in [2.24, 2.45) is 5.41 Å². The fourth-order valence-electron chi connectivity index (χ4n) is 3.48. The number of thiophene rings is 1. The van der Waals surface area contributed by atoms with Crippen molar-refractivity contribution in [3.8, 4) is 5.75 Å². The maximum absolute atomic E-state index is 13.0. The van der Waals surface area contributed by atoms with Gasteiger partial charge < -0.3 is 14.7 Å². The zero-order chi connectivity index (χ0) is 17.3. The molecule has 0 atom stereocenters. The molecule has 0 bridgehead atoms. The number of aliphatic hydroxyl groups is 1. The van der Waals surface area contributed by atoms with Crippen LogP contribution in [0, 0.1) is 12.3 Å². The third-order valence-corrected chi connectivity index (χ3v) is 6.80. The van der Waals surface area contributed by atoms with E-state index in [1.54, 1.807) is 18.4 Å². The molecule has 2 heterocycles. The standard InChI is InChI=1S/C19H25NO3S/c1-4-19(12-21)7-9-20(10-8-19)18(22)17-13(2)15-11-14(23-3)5-6-16(15)24-17/h5-6,11,21H,4,7-10,12H2,1-3H3. The monoisotopic (exact) mass is 347 g/mol. The average molecular weight is 347 g/mol. The van der Waals surface area contributed by atoms with E-state index in [9.17, 15) is 9.90 Å². The molecule has 1 fully saturated rings. The first-order valence-electron chi connectivity index (χ1n) is 8.51. The van der Waals surface area contributed by atoms with Gasteiger partial charge in [0.05, 0.1) is 12.0 Å². The number of methoxy groups -OCH3 is 1. The van der Waals surface area contributed by atoms with Gasteiger partial charge in [0.25, 0.3) is 5.91 Å². The van der Waals surface area contributed by atoms with Crippen LogP contribution in [-0.2, 0) is 0 Å². The maximum Gasteiger partial charge on any atom is 0.264 e. The lowest BCUT2D eigenvalue weighted by Gasteiger charge is -2.40. The summed E-state index contributed by atoms with van der Waals surface area (Å²) < 4.78 is 6.41. The van der Waals surface area contributed by atoms with Crippen molar-refractivity contribution in [3.63, 3.8) is 0 Å². The number of carbonyl (C=O) groups excluding carboxylic acids is 1. The highest BCUT2D eigenvalue weighted by Gasteiger charge is 2.34. The molecule has 1 saturated heterocycles. The topological polar surface area (TPSA) is 49.8 Å². The van der Waals surface area contributed by atoms with Gasteiger partial charge in [0, 0.05) is 24.4 Å². The van der Waals surface area contributed by atoms with Crippen molar-refractivity contribution in [1.82, 2.24) is 4.90 Å². The molecule has 0 spiro atoms. The van der Waals surface area contributed by atoms with E-state index in [-0.39, 0.29) is 17.9 Å². The molecular formula is C19H25NO3S. The minimum atomic E-state index is -0.000641. The highest BCUT2D eigenvalue weighted by Crippen LogP contribution is 2.37. The maximum atomic E-state index is 13.0. The lowest BCUT2D eigenvalue weighted by Crippen LogP contribution is -2.44. The van der Waals surface area contributed by atoms with Crippen molar-refractivity contribution < 1.29 is 14.6 Å². The van der Waals surface area contributed by atoms with E-state index in [1.807, 2.05) is 30.0 Å². The number of rotatable bonds is 4. The predicted octanol–water partition coefficient (Wildman–Crippen LogP) is 3.84. The van der Waals surface area contributed by atoms with Gasteiger partial charge in [0.1, 0.15) is 5.75 Å². The van der Waals surface area contributed by atoms with E-state index in [1.165, 1.54) is 0 Å². The molecule has 5 heteroatoms. The predicted molar refractivity (Wildman–Crippen MR) is 98.1 cm³/mol. The van der Waals surface area contributed by atoms with E-state index in [0.717, 1.165) is 58.6 Å². The van der Waals surface area contributed by atoms with Crippen LogP contribution in [0.4, 0.5) is 0 Å². The van der Waals surface area contributed by atoms with Crippen LogP contribution in [-0.4, -0.2) is 42.7 Å². The van der Waals surface area contributed by atoms with Gasteiger partial charge in [-0.1, -0.05) is 6.92 Å². The lowest BCUT2D eigenvalue weighted by atomic mass is 9.77. The zero-order valence-electron chi connectivity index (χ0n) is 14.6. The van der Waals surface area contributed by atoms with Gasteiger partial charge >= 0.3 is 0 Å². The van der Waals surface area contributed by atoms with E-state index in [4.69, 9.17) is 4.74 Å². The smallest absolute Gasteiger partial charge is 0.264 e. The molecule has 130 valence electrons. The summed E-state index contributed by atoms with van der Waals surface area (Å²) in [5.74, 6) is 0.936. The fraction of sp³-hybridized carbons (Fsp3) is 0.526. The Morgan fingerprint density at radius 1 is 1.38 bits per heavy atom. The number of hydrogen-bond acceptors (Lipinski definition) is 4. The number of fused-ring (bicyclic) bond motifs is 1. The number of ether oxygens (including phenoxy) is 1. The van der Waals surface area contributed by atoms with Crippen molar-refractivity contribution >= 4 is 27.3 Å². The largest absolute Gasteiger partial charge is 0.497 e. The Bertz CT molecular complexity index is 738. The van der Waals surface area contributed by atoms with E-state index >= 15 is 0 Å². The highest BCUT2D eigenvalue weighted by molar-refractivity contribution is 7.21. The molecular weight excluding hydrogens is 322 g/mol. The molecule has 0 unspecified atom stereocenters. The third kappa shape index (κ3) is 2.91. The molecule has 0 saturated carbocycles. The van der Waals surface area contributed by atoms with Crippen LogP contribution >= 0.6 is 11.3 Å². The Morgan fingerprint density at radius 2 is 2.08 bits per heavy atom. The first kappa shape index (κ1) is 17.2. The third-order valence-electron chi connectivity index (χ3n) is 5.53. The summed E-state index contributed by atoms with van der Waals surface area (Å²) in [7, 11) is 1.66. The summed E-state index contributed by atoms with van der Waals surface area (Å²) >= 11 is 1.56. The molecule has 3 rings (SSSR count). The van der Waals surface area contributed by atoms with Crippen LogP contribution in [0.25, 0.3) is 10.1 Å². The van der Waals surface area contributed by atoms with Crippen molar-refractivity contribution in [1.29, 1.82) is 0 Å². The first-order chi connectivity index (χ1) is 11.5. The molecule has 1 aliphatic rings. The number of hydrogen-bond donors (Lipinski definition) is 1. The summed E-state index contributed by atoms with van der Waals surface area (Å²) in [6.45, 7) is 5.80. The molecule has 1 aliphatic heterocycles. The Morgan fingerprint density at radius 3 is 2.67 bits per heavy atom. The van der Waals surface area contributed by atoms with Gasteiger partial charge in [-0.2, -0.15) is 0 Å². The number of aryl methyl sites for hydroxylation is 1. The Hall–Kier alpha value is -1.59. The second-order valence-corrected chi connectivity index (χ2v) is 7.77. The summed E-state index contributed by atoms with van der Waals surface area (Å²) in [5, 5.41) is 10.8. The number of benzene rings is 1. The van der Waals surface area contributed by atoms with Gasteiger partial charge in [-0.15, -0.1) is 11.3 Å². The lowest BCUT2D eigenvalue weighted by molar-refractivity contribution is 0.0340. The quantitative estimate of drug-likeness (QED) is 0.914. The molecule has 0 radical (unpaired) electrons. The number of likely N-dealkylation sites (tertiary alicyclic amines) is 1. The van der Waals surface area contributed by atoms with Gasteiger partial charge in [0.2, 0.25) is 0 Å². The molecule has 4 nitrogen and oxygen atoms in total. The minimum Gasteiger partial charge on any atom is -0.497 e. The van der Waals surface area contributed by atoms with Crippen LogP contribution < -0.4 is 4.74 Å². The number of carbonyl (C=O) groups is 1. The number of aliphatic hydroxyl groups excluding tert-OH is 1. The Balaban J connectivity index is 1.83. The van der Waals surface area contributed by atoms with Crippen LogP contribution in [0.3, 0.4) is 0 Å². The summed E-state index contributed by atoms with van der Waals surface area (Å²) in [6.07, 6.45) is 2.72. The molecule has 1 N–H and O–H groups in total. The zero-order valence-corrected chi connectivity index (χ0v) is 15.4. The van der Waals surface area contributed by atoms with Gasteiger partial charge in [-0.3, -0.25) is 4.79 Å². The van der Waals surface area contributed by atoms with Crippen LogP contribution in [0.5, 0.6) is 5.75 Å². The second-order valence-electron chi connectivity index (χ2n) is 6.72. The molecule has 1 amide bonds. The highest BCUT2D eigenvalue weighted by atomic mass is 32.1. The normalized spacial score (nSPS) is 17.2. The Labute approximate surface area is 147 Å². The minimum absolute atomic E-state index is 0.000641. The molecule has 1 aromatic carbocycles. The van der Waals surface area contributed by atoms with E-state index in [2.05, 4.69) is 6.92 Å². The molecule has 1 aromatic heterocycles. The fourth-order valence-corrected chi connectivity index (χ4v) is 4.64. The average Bonchev–Trinajstić information content (AvgIpc) is 2.97. The number of amides is 1. The molecule has 0 aliphatic carbocycles. The van der Waals surface area contributed by atoms with E-state index in [0.29, 0.717) is 0 Å². The second kappa shape index (κ2) is 6.73. The van der Waals surface area contributed by atoms with Crippen molar-refractivity contribution in [3.05, 3.63) is 28.6 Å². The van der Waals surface area contributed by atoms with E-state index < -0.39 is 0 Å². The van der Waals surface area contributed by atoms with Crippen LogP contribution in [0.1, 0.15) is 41.4 Å². The summed E-state index contributed by atoms with van der Waals surface area (Å²) in [4.78, 5) is 15.7. The van der Waals surface area contributed by atoms with Crippen LogP contribution in [0.2, 0.25) is 0 Å². The molecule has 24 heavy (non-hydrogen) atoms. The van der Waals surface area contributed by atoms with Crippen LogP contribution in [0.15, 0.2) is 18.2 Å².